The van der Waals surface area contributed by atoms with Crippen LogP contribution in [-0.2, 0) is 4.79 Å². The van der Waals surface area contributed by atoms with Crippen LogP contribution in [0.2, 0.25) is 5.02 Å². The highest BCUT2D eigenvalue weighted by molar-refractivity contribution is 6.30. The van der Waals surface area contributed by atoms with E-state index in [1.54, 1.807) is 12.1 Å². The smallest absolute Gasteiger partial charge is 0.325 e. The summed E-state index contributed by atoms with van der Waals surface area (Å²) in [6, 6.07) is 2.52. The summed E-state index contributed by atoms with van der Waals surface area (Å²) in [6.07, 6.45) is 1.51. The first kappa shape index (κ1) is 9.80. The van der Waals surface area contributed by atoms with Gasteiger partial charge < -0.3 is 10.4 Å². The fraction of sp³-hybridized carbons (Fsp3) is 0.250. The topological polar surface area (TPSA) is 62.2 Å². The van der Waals surface area contributed by atoms with Crippen LogP contribution in [0.3, 0.4) is 0 Å². The molecule has 1 unspecified atom stereocenters. The Bertz CT molecular complexity index is 317. The molecule has 1 rings (SSSR count). The minimum absolute atomic E-state index is 0.461. The van der Waals surface area contributed by atoms with Gasteiger partial charge in [0, 0.05) is 11.2 Å². The van der Waals surface area contributed by atoms with E-state index < -0.39 is 12.0 Å². The molecule has 13 heavy (non-hydrogen) atoms. The molecule has 1 aromatic heterocycles. The Hall–Kier alpha value is -1.29. The van der Waals surface area contributed by atoms with Crippen LogP contribution in [0.4, 0.5) is 5.82 Å². The van der Waals surface area contributed by atoms with Gasteiger partial charge in [0.25, 0.3) is 0 Å². The Morgan fingerprint density at radius 1 is 1.77 bits per heavy atom. The number of rotatable bonds is 3. The van der Waals surface area contributed by atoms with Crippen molar-refractivity contribution in [3.05, 3.63) is 23.4 Å². The number of anilines is 1. The average Bonchev–Trinajstić information content (AvgIpc) is 2.04. The summed E-state index contributed by atoms with van der Waals surface area (Å²) in [7, 11) is 0. The van der Waals surface area contributed by atoms with Gasteiger partial charge >= 0.3 is 5.97 Å². The number of nitrogens with zero attached hydrogens (tertiary/aromatic N) is 1. The van der Waals surface area contributed by atoms with Crippen LogP contribution >= 0.6 is 11.6 Å². The van der Waals surface area contributed by atoms with E-state index >= 15 is 0 Å². The normalized spacial score (nSPS) is 12.2. The van der Waals surface area contributed by atoms with Crippen molar-refractivity contribution in [3.8, 4) is 0 Å². The zero-order chi connectivity index (χ0) is 9.84. The number of aliphatic carboxylic acids is 1. The summed E-state index contributed by atoms with van der Waals surface area (Å²) in [5.74, 6) is -0.468. The minimum atomic E-state index is -0.929. The Kier molecular flexibility index (Phi) is 3.08. The third-order valence-electron chi connectivity index (χ3n) is 1.46. The van der Waals surface area contributed by atoms with Crippen molar-refractivity contribution in [2.45, 2.75) is 13.0 Å². The third-order valence-corrected chi connectivity index (χ3v) is 1.69. The number of hydrogen-bond acceptors (Lipinski definition) is 3. The SMILES string of the molecule is CC(Nc1cc(Cl)ccn1)C(=O)O. The molecule has 0 saturated carbocycles. The number of carbonyl (C=O) groups is 1. The second-order valence-corrected chi connectivity index (χ2v) is 3.00. The standard InChI is InChI=1S/C8H9ClN2O2/c1-5(8(12)13)11-7-4-6(9)2-3-10-7/h2-5H,1H3,(H,10,11)(H,12,13). The van der Waals surface area contributed by atoms with Crippen LogP contribution in [0.5, 0.6) is 0 Å². The van der Waals surface area contributed by atoms with E-state index in [1.165, 1.54) is 13.1 Å². The highest BCUT2D eigenvalue weighted by atomic mass is 35.5. The average molecular weight is 201 g/mol. The van der Waals surface area contributed by atoms with Gasteiger partial charge in [0.2, 0.25) is 0 Å². The Balaban J connectivity index is 2.69. The van der Waals surface area contributed by atoms with Crippen LogP contribution in [0, 0.1) is 0 Å². The lowest BCUT2D eigenvalue weighted by Gasteiger charge is -2.09. The summed E-state index contributed by atoms with van der Waals surface area (Å²) in [5.41, 5.74) is 0. The summed E-state index contributed by atoms with van der Waals surface area (Å²) in [5, 5.41) is 11.8. The zero-order valence-electron chi connectivity index (χ0n) is 6.99. The molecule has 1 heterocycles. The molecule has 0 aliphatic rings. The molecule has 4 nitrogen and oxygen atoms in total. The van der Waals surface area contributed by atoms with E-state index in [1.807, 2.05) is 0 Å². The van der Waals surface area contributed by atoms with Gasteiger partial charge in [-0.2, -0.15) is 0 Å². The number of carboxylic acid groups (broad SMARTS) is 1. The molecule has 0 bridgehead atoms. The van der Waals surface area contributed by atoms with Gasteiger partial charge in [-0.3, -0.25) is 4.79 Å². The van der Waals surface area contributed by atoms with Gasteiger partial charge in [0.05, 0.1) is 0 Å². The molecule has 5 heteroatoms. The number of aromatic nitrogens is 1. The quantitative estimate of drug-likeness (QED) is 0.779. The van der Waals surface area contributed by atoms with Crippen molar-refractivity contribution in [1.82, 2.24) is 4.98 Å². The van der Waals surface area contributed by atoms with Gasteiger partial charge in [-0.25, -0.2) is 4.98 Å². The number of carboxylic acids is 1. The largest absolute Gasteiger partial charge is 0.480 e. The van der Waals surface area contributed by atoms with Gasteiger partial charge in [-0.05, 0) is 19.1 Å². The Labute approximate surface area is 80.6 Å². The third kappa shape index (κ3) is 2.91. The van der Waals surface area contributed by atoms with Crippen LogP contribution in [0.25, 0.3) is 0 Å². The van der Waals surface area contributed by atoms with Crippen molar-refractivity contribution in [1.29, 1.82) is 0 Å². The number of nitrogens with one attached hydrogen (secondary N) is 1. The Morgan fingerprint density at radius 3 is 3.00 bits per heavy atom. The van der Waals surface area contributed by atoms with Crippen molar-refractivity contribution < 1.29 is 9.90 Å². The molecule has 1 aromatic rings. The second-order valence-electron chi connectivity index (χ2n) is 2.56. The van der Waals surface area contributed by atoms with Gasteiger partial charge in [0.1, 0.15) is 11.9 Å². The lowest BCUT2D eigenvalue weighted by molar-refractivity contribution is -0.137. The molecule has 1 atom stereocenters. The maximum atomic E-state index is 10.5. The minimum Gasteiger partial charge on any atom is -0.480 e. The molecule has 0 fully saturated rings. The van der Waals surface area contributed by atoms with E-state index in [0.29, 0.717) is 10.8 Å². The van der Waals surface area contributed by atoms with Crippen LogP contribution in [0.15, 0.2) is 18.3 Å². The van der Waals surface area contributed by atoms with Crippen LogP contribution in [-0.4, -0.2) is 22.1 Å². The predicted octanol–water partition coefficient (Wildman–Crippen LogP) is 1.62. The molecule has 0 aliphatic carbocycles. The number of pyridine rings is 1. The second kappa shape index (κ2) is 4.09. The molecular formula is C8H9ClN2O2. The highest BCUT2D eigenvalue weighted by Crippen LogP contribution is 2.12. The van der Waals surface area contributed by atoms with Crippen LogP contribution in [0.1, 0.15) is 6.92 Å². The maximum absolute atomic E-state index is 10.5. The van der Waals surface area contributed by atoms with Crippen molar-refractivity contribution >= 4 is 23.4 Å². The first-order chi connectivity index (χ1) is 6.09. The highest BCUT2D eigenvalue weighted by Gasteiger charge is 2.10. The molecule has 0 spiro atoms. The fourth-order valence-electron chi connectivity index (χ4n) is 0.767. The lowest BCUT2D eigenvalue weighted by Crippen LogP contribution is -2.25. The zero-order valence-corrected chi connectivity index (χ0v) is 7.75. The predicted molar refractivity (Wildman–Crippen MR) is 50.0 cm³/mol. The molecule has 0 aromatic carbocycles. The number of hydrogen-bond donors (Lipinski definition) is 2. The van der Waals surface area contributed by atoms with E-state index in [0.717, 1.165) is 0 Å². The molecule has 0 saturated heterocycles. The molecule has 2 N–H and O–H groups in total. The van der Waals surface area contributed by atoms with Gasteiger partial charge in [-0.15, -0.1) is 0 Å². The first-order valence-corrected chi connectivity index (χ1v) is 4.08. The lowest BCUT2D eigenvalue weighted by atomic mass is 10.3. The fourth-order valence-corrected chi connectivity index (χ4v) is 0.927. The summed E-state index contributed by atoms with van der Waals surface area (Å²) < 4.78 is 0. The monoisotopic (exact) mass is 200 g/mol. The van der Waals surface area contributed by atoms with Crippen molar-refractivity contribution in [2.75, 3.05) is 5.32 Å². The summed E-state index contributed by atoms with van der Waals surface area (Å²) >= 11 is 5.68. The first-order valence-electron chi connectivity index (χ1n) is 3.70. The summed E-state index contributed by atoms with van der Waals surface area (Å²) in [4.78, 5) is 14.4. The van der Waals surface area contributed by atoms with Gasteiger partial charge in [-0.1, -0.05) is 11.6 Å². The maximum Gasteiger partial charge on any atom is 0.325 e. The Morgan fingerprint density at radius 2 is 2.46 bits per heavy atom. The molecule has 0 aliphatic heterocycles. The summed E-state index contributed by atoms with van der Waals surface area (Å²) in [6.45, 7) is 1.53. The number of halogens is 1. The van der Waals surface area contributed by atoms with Crippen molar-refractivity contribution in [3.63, 3.8) is 0 Å². The van der Waals surface area contributed by atoms with Crippen molar-refractivity contribution in [2.24, 2.45) is 0 Å². The van der Waals surface area contributed by atoms with Gasteiger partial charge in [0.15, 0.2) is 0 Å². The molecule has 70 valence electrons. The van der Waals surface area contributed by atoms with E-state index in [-0.39, 0.29) is 0 Å². The molecule has 0 radical (unpaired) electrons. The van der Waals surface area contributed by atoms with E-state index in [9.17, 15) is 4.79 Å². The van der Waals surface area contributed by atoms with E-state index in [4.69, 9.17) is 16.7 Å². The van der Waals surface area contributed by atoms with Crippen LogP contribution < -0.4 is 5.32 Å². The molecule has 0 amide bonds. The molecular weight excluding hydrogens is 192 g/mol. The van der Waals surface area contributed by atoms with E-state index in [2.05, 4.69) is 10.3 Å².